The van der Waals surface area contributed by atoms with E-state index >= 15 is 0 Å². The van der Waals surface area contributed by atoms with Crippen LogP contribution in [0.25, 0.3) is 0 Å². The molecule has 4 heteroatoms. The molecule has 3 nitrogen and oxygen atoms in total. The number of aliphatic hydroxyl groups excluding tert-OH is 1. The van der Waals surface area contributed by atoms with Crippen molar-refractivity contribution in [2.24, 2.45) is 0 Å². The van der Waals surface area contributed by atoms with Gasteiger partial charge in [-0.2, -0.15) is 0 Å². The third kappa shape index (κ3) is 3.50. The summed E-state index contributed by atoms with van der Waals surface area (Å²) in [4.78, 5) is 11.6. The molecule has 1 fully saturated rings. The van der Waals surface area contributed by atoms with Crippen LogP contribution in [-0.4, -0.2) is 33.8 Å². The molecule has 0 aromatic rings. The molecule has 0 amide bonds. The summed E-state index contributed by atoms with van der Waals surface area (Å²) >= 11 is 1.53. The molecule has 1 rings (SSSR count). The van der Waals surface area contributed by atoms with Gasteiger partial charge in [-0.1, -0.05) is 0 Å². The van der Waals surface area contributed by atoms with E-state index in [-0.39, 0.29) is 23.1 Å². The quantitative estimate of drug-likeness (QED) is 0.715. The van der Waals surface area contributed by atoms with Gasteiger partial charge in [-0.15, -0.1) is 11.8 Å². The molecular formula is C10H18O3S. The van der Waals surface area contributed by atoms with Gasteiger partial charge in [0.1, 0.15) is 10.9 Å². The molecule has 2 atom stereocenters. The number of ether oxygens (including phenoxy) is 1. The minimum absolute atomic E-state index is 0.0774. The van der Waals surface area contributed by atoms with Crippen LogP contribution in [0.1, 0.15) is 33.6 Å². The highest BCUT2D eigenvalue weighted by Crippen LogP contribution is 2.34. The van der Waals surface area contributed by atoms with E-state index in [0.717, 1.165) is 12.8 Å². The zero-order chi connectivity index (χ0) is 10.8. The van der Waals surface area contributed by atoms with Crippen LogP contribution in [0.15, 0.2) is 0 Å². The van der Waals surface area contributed by atoms with E-state index < -0.39 is 5.60 Å². The molecule has 82 valence electrons. The first-order valence-electron chi connectivity index (χ1n) is 4.91. The van der Waals surface area contributed by atoms with Crippen molar-refractivity contribution in [3.8, 4) is 0 Å². The predicted octanol–water partition coefficient (Wildman–Crippen LogP) is 1.58. The molecule has 14 heavy (non-hydrogen) atoms. The molecule has 0 bridgehead atoms. The lowest BCUT2D eigenvalue weighted by Gasteiger charge is -2.21. The Kier molecular flexibility index (Phi) is 3.84. The first-order valence-corrected chi connectivity index (χ1v) is 5.86. The predicted molar refractivity (Wildman–Crippen MR) is 57.3 cm³/mol. The molecule has 1 saturated heterocycles. The number of carbonyl (C=O) groups excluding carboxylic acids is 1. The number of thioether (sulfide) groups is 1. The van der Waals surface area contributed by atoms with Crippen molar-refractivity contribution < 1.29 is 14.6 Å². The summed E-state index contributed by atoms with van der Waals surface area (Å²) in [7, 11) is 0. The normalized spacial score (nSPS) is 27.7. The molecule has 1 heterocycles. The van der Waals surface area contributed by atoms with Crippen molar-refractivity contribution >= 4 is 17.7 Å². The van der Waals surface area contributed by atoms with Gasteiger partial charge in [-0.25, -0.2) is 0 Å². The van der Waals surface area contributed by atoms with E-state index in [1.54, 1.807) is 0 Å². The van der Waals surface area contributed by atoms with Gasteiger partial charge in [0.2, 0.25) is 0 Å². The van der Waals surface area contributed by atoms with Gasteiger partial charge >= 0.3 is 5.97 Å². The zero-order valence-corrected chi connectivity index (χ0v) is 9.76. The molecule has 0 aliphatic carbocycles. The maximum atomic E-state index is 11.6. The van der Waals surface area contributed by atoms with Crippen LogP contribution in [0.5, 0.6) is 0 Å². The van der Waals surface area contributed by atoms with Crippen molar-refractivity contribution in [2.75, 3.05) is 6.61 Å². The Morgan fingerprint density at radius 1 is 1.50 bits per heavy atom. The van der Waals surface area contributed by atoms with Crippen LogP contribution in [-0.2, 0) is 9.53 Å². The number of esters is 1. The third-order valence-electron chi connectivity index (χ3n) is 1.98. The monoisotopic (exact) mass is 218 g/mol. The molecule has 0 spiro atoms. The summed E-state index contributed by atoms with van der Waals surface area (Å²) in [5.41, 5.74) is -0.408. The summed E-state index contributed by atoms with van der Waals surface area (Å²) in [6.45, 7) is 5.76. The smallest absolute Gasteiger partial charge is 0.319 e. The molecule has 0 radical (unpaired) electrons. The number of hydrogen-bond donors (Lipinski definition) is 1. The topological polar surface area (TPSA) is 46.5 Å². The molecule has 1 aliphatic heterocycles. The molecule has 0 aromatic carbocycles. The van der Waals surface area contributed by atoms with E-state index in [1.165, 1.54) is 11.8 Å². The fourth-order valence-electron chi connectivity index (χ4n) is 1.38. The number of rotatable bonds is 2. The van der Waals surface area contributed by atoms with Crippen LogP contribution < -0.4 is 0 Å². The Hall–Kier alpha value is -0.220. The Morgan fingerprint density at radius 3 is 2.57 bits per heavy atom. The van der Waals surface area contributed by atoms with E-state index in [4.69, 9.17) is 9.84 Å². The van der Waals surface area contributed by atoms with Gasteiger partial charge in [0.25, 0.3) is 0 Å². The Labute approximate surface area is 89.2 Å². The van der Waals surface area contributed by atoms with Crippen molar-refractivity contribution in [1.29, 1.82) is 0 Å². The van der Waals surface area contributed by atoms with Crippen LogP contribution in [0.2, 0.25) is 0 Å². The van der Waals surface area contributed by atoms with E-state index in [9.17, 15) is 4.79 Å². The van der Waals surface area contributed by atoms with Gasteiger partial charge in [0.05, 0.1) is 6.61 Å². The Balaban J connectivity index is 2.40. The standard InChI is InChI=1S/C10H18O3S/c1-10(2,3)13-9(12)8-5-4-7(6-11)14-8/h7-8,11H,4-6H2,1-3H3. The summed E-state index contributed by atoms with van der Waals surface area (Å²) in [6, 6.07) is 0. The molecule has 0 saturated carbocycles. The minimum Gasteiger partial charge on any atom is -0.459 e. The van der Waals surface area contributed by atoms with Crippen molar-refractivity contribution in [2.45, 2.75) is 49.7 Å². The third-order valence-corrected chi connectivity index (χ3v) is 3.51. The molecule has 1 aliphatic rings. The van der Waals surface area contributed by atoms with Gasteiger partial charge < -0.3 is 9.84 Å². The van der Waals surface area contributed by atoms with Crippen molar-refractivity contribution in [3.63, 3.8) is 0 Å². The Bertz CT molecular complexity index is 210. The first-order chi connectivity index (χ1) is 6.42. The fourth-order valence-corrected chi connectivity index (χ4v) is 2.64. The van der Waals surface area contributed by atoms with Crippen LogP contribution in [0.4, 0.5) is 0 Å². The van der Waals surface area contributed by atoms with Gasteiger partial charge in [-0.05, 0) is 33.6 Å². The lowest BCUT2D eigenvalue weighted by molar-refractivity contribution is -0.154. The maximum Gasteiger partial charge on any atom is 0.319 e. The number of hydrogen-bond acceptors (Lipinski definition) is 4. The highest BCUT2D eigenvalue weighted by atomic mass is 32.2. The van der Waals surface area contributed by atoms with Crippen LogP contribution >= 0.6 is 11.8 Å². The summed E-state index contributed by atoms with van der Waals surface area (Å²) < 4.78 is 5.27. The second kappa shape index (κ2) is 4.53. The fraction of sp³-hybridized carbons (Fsp3) is 0.900. The summed E-state index contributed by atoms with van der Waals surface area (Å²) in [5, 5.41) is 9.06. The molecule has 2 unspecified atom stereocenters. The first kappa shape index (κ1) is 11.9. The van der Waals surface area contributed by atoms with E-state index in [2.05, 4.69) is 0 Å². The Morgan fingerprint density at radius 2 is 2.14 bits per heavy atom. The largest absolute Gasteiger partial charge is 0.459 e. The molecule has 1 N–H and O–H groups in total. The zero-order valence-electron chi connectivity index (χ0n) is 8.95. The van der Waals surface area contributed by atoms with E-state index in [0.29, 0.717) is 0 Å². The van der Waals surface area contributed by atoms with E-state index in [1.807, 2.05) is 20.8 Å². The maximum absolute atomic E-state index is 11.6. The number of carbonyl (C=O) groups is 1. The second-order valence-electron chi connectivity index (χ2n) is 4.54. The average Bonchev–Trinajstić information content (AvgIpc) is 2.48. The molecule has 0 aromatic heterocycles. The minimum atomic E-state index is -0.408. The van der Waals surface area contributed by atoms with Gasteiger partial charge in [-0.3, -0.25) is 4.79 Å². The average molecular weight is 218 g/mol. The van der Waals surface area contributed by atoms with Gasteiger partial charge in [0, 0.05) is 5.25 Å². The molecular weight excluding hydrogens is 200 g/mol. The number of aliphatic hydroxyl groups is 1. The highest BCUT2D eigenvalue weighted by Gasteiger charge is 2.33. The lowest BCUT2D eigenvalue weighted by Crippen LogP contribution is -2.29. The van der Waals surface area contributed by atoms with Crippen LogP contribution in [0, 0.1) is 0 Å². The lowest BCUT2D eigenvalue weighted by atomic mass is 10.1. The summed E-state index contributed by atoms with van der Waals surface area (Å²) in [6.07, 6.45) is 1.73. The van der Waals surface area contributed by atoms with Gasteiger partial charge in [0.15, 0.2) is 0 Å². The second-order valence-corrected chi connectivity index (χ2v) is 6.05. The highest BCUT2D eigenvalue weighted by molar-refractivity contribution is 8.01. The van der Waals surface area contributed by atoms with Crippen molar-refractivity contribution in [1.82, 2.24) is 0 Å². The van der Waals surface area contributed by atoms with Crippen molar-refractivity contribution in [3.05, 3.63) is 0 Å². The summed E-state index contributed by atoms with van der Waals surface area (Å²) in [5.74, 6) is -0.140. The SMILES string of the molecule is CC(C)(C)OC(=O)C1CCC(CO)S1. The van der Waals surface area contributed by atoms with Crippen LogP contribution in [0.3, 0.4) is 0 Å².